The van der Waals surface area contributed by atoms with Gasteiger partial charge in [-0.3, -0.25) is 0 Å². The maximum atomic E-state index is 10.3. The molecule has 0 aliphatic heterocycles. The summed E-state index contributed by atoms with van der Waals surface area (Å²) in [5, 5.41) is 55.8. The number of carbonyl (C=O) groups is 1. The first-order valence-electron chi connectivity index (χ1n) is 4.38. The van der Waals surface area contributed by atoms with Gasteiger partial charge in [0.05, 0.1) is 6.61 Å². The van der Waals surface area contributed by atoms with Crippen LogP contribution >= 0.6 is 0 Å². The van der Waals surface area contributed by atoms with E-state index in [2.05, 4.69) is 5.73 Å². The summed E-state index contributed by atoms with van der Waals surface area (Å²) >= 11 is 0. The van der Waals surface area contributed by atoms with Crippen LogP contribution in [0.15, 0.2) is 0 Å². The molecule has 0 saturated carbocycles. The van der Waals surface area contributed by atoms with Crippen molar-refractivity contribution in [2.45, 2.75) is 30.6 Å². The lowest BCUT2D eigenvalue weighted by Crippen LogP contribution is -2.55. The van der Waals surface area contributed by atoms with Gasteiger partial charge in [-0.25, -0.2) is 4.79 Å². The fourth-order valence-corrected chi connectivity index (χ4v) is 0.956. The molecule has 0 bridgehead atoms. The van der Waals surface area contributed by atoms with E-state index in [1.54, 1.807) is 5.32 Å². The molecule has 16 heavy (non-hydrogen) atoms. The molecule has 1 unspecified atom stereocenters. The number of aliphatic hydroxyl groups is 6. The van der Waals surface area contributed by atoms with Crippen LogP contribution < -0.4 is 11.1 Å². The first-order chi connectivity index (χ1) is 7.31. The van der Waals surface area contributed by atoms with E-state index in [-0.39, 0.29) is 0 Å². The normalized spacial score (nSPS) is 20.6. The van der Waals surface area contributed by atoms with Crippen LogP contribution in [0.3, 0.4) is 0 Å². The minimum absolute atomic E-state index is 0.843. The second-order valence-electron chi connectivity index (χ2n) is 3.18. The van der Waals surface area contributed by atoms with Gasteiger partial charge in [0.25, 0.3) is 0 Å². The van der Waals surface area contributed by atoms with E-state index >= 15 is 0 Å². The summed E-state index contributed by atoms with van der Waals surface area (Å²) in [6, 6.07) is -1.14. The van der Waals surface area contributed by atoms with Crippen molar-refractivity contribution in [3.63, 3.8) is 0 Å². The van der Waals surface area contributed by atoms with Gasteiger partial charge in [-0.2, -0.15) is 0 Å². The molecule has 9 heteroatoms. The number of aliphatic hydroxyl groups excluding tert-OH is 6. The Kier molecular flexibility index (Phi) is 6.18. The third-order valence-corrected chi connectivity index (χ3v) is 1.89. The second-order valence-corrected chi connectivity index (χ2v) is 3.18. The number of nitrogens with one attached hydrogen (secondary N) is 1. The quantitative estimate of drug-likeness (QED) is 0.215. The fourth-order valence-electron chi connectivity index (χ4n) is 0.956. The largest absolute Gasteiger partial charge is 0.394 e. The van der Waals surface area contributed by atoms with E-state index in [9.17, 15) is 15.0 Å². The van der Waals surface area contributed by atoms with Gasteiger partial charge >= 0.3 is 6.03 Å². The van der Waals surface area contributed by atoms with Crippen molar-refractivity contribution in [3.05, 3.63) is 0 Å². The van der Waals surface area contributed by atoms with Crippen LogP contribution in [0.2, 0.25) is 0 Å². The van der Waals surface area contributed by atoms with Crippen molar-refractivity contribution in [1.82, 2.24) is 5.32 Å². The van der Waals surface area contributed by atoms with Crippen molar-refractivity contribution in [2.75, 3.05) is 6.61 Å². The molecular formula is C7H16N2O7. The van der Waals surface area contributed by atoms with Crippen molar-refractivity contribution in [1.29, 1.82) is 0 Å². The second kappa shape index (κ2) is 6.58. The molecule has 0 saturated heterocycles. The van der Waals surface area contributed by atoms with Gasteiger partial charge in [-0.05, 0) is 0 Å². The molecule has 0 fully saturated rings. The molecule has 0 radical (unpaired) electrons. The van der Waals surface area contributed by atoms with Crippen LogP contribution in [0.25, 0.3) is 0 Å². The topological polar surface area (TPSA) is 176 Å². The van der Waals surface area contributed by atoms with Gasteiger partial charge in [-0.15, -0.1) is 0 Å². The minimum atomic E-state index is -1.97. The van der Waals surface area contributed by atoms with Crippen LogP contribution in [-0.4, -0.2) is 73.9 Å². The Morgan fingerprint density at radius 1 is 1.06 bits per heavy atom. The zero-order valence-electron chi connectivity index (χ0n) is 8.26. The molecule has 9 nitrogen and oxygen atoms in total. The fraction of sp³-hybridized carbons (Fsp3) is 0.857. The van der Waals surface area contributed by atoms with Gasteiger partial charge in [0.15, 0.2) is 6.23 Å². The number of primary amides is 1. The Labute approximate surface area is 90.7 Å². The zero-order valence-corrected chi connectivity index (χ0v) is 8.26. The number of hydrogen-bond donors (Lipinski definition) is 8. The average Bonchev–Trinajstić information content (AvgIpc) is 2.23. The Hall–Kier alpha value is -0.970. The summed E-state index contributed by atoms with van der Waals surface area (Å²) in [5.41, 5.74) is 4.64. The molecule has 96 valence electrons. The van der Waals surface area contributed by atoms with Crippen LogP contribution in [0.1, 0.15) is 0 Å². The van der Waals surface area contributed by atoms with Crippen molar-refractivity contribution < 1.29 is 35.4 Å². The molecule has 5 atom stereocenters. The third kappa shape index (κ3) is 4.26. The SMILES string of the molecule is NC(=O)NC(O)[C@@H](O)[C@@H](O)[C@H](O)[C@H](O)CO. The molecular weight excluding hydrogens is 224 g/mol. The Morgan fingerprint density at radius 2 is 1.56 bits per heavy atom. The molecule has 0 aliphatic rings. The molecule has 0 aromatic carbocycles. The molecule has 0 spiro atoms. The minimum Gasteiger partial charge on any atom is -0.394 e. The summed E-state index contributed by atoms with van der Waals surface area (Å²) in [7, 11) is 0. The predicted octanol–water partition coefficient (Wildman–Crippen LogP) is -4.59. The molecule has 0 aromatic rings. The standard InChI is InChI=1S/C7H16N2O7/c8-7(16)9-6(15)5(14)4(13)3(12)2(11)1-10/h2-6,10-15H,1H2,(H3,8,9,16)/t2-,3-,4+,5+,6?/m1/s1. The van der Waals surface area contributed by atoms with E-state index in [1.807, 2.05) is 0 Å². The first kappa shape index (κ1) is 15.0. The van der Waals surface area contributed by atoms with E-state index in [1.165, 1.54) is 0 Å². The summed E-state index contributed by atoms with van der Waals surface area (Å²) in [6.45, 7) is -0.843. The first-order valence-corrected chi connectivity index (χ1v) is 4.38. The summed E-state index contributed by atoms with van der Waals surface area (Å²) in [4.78, 5) is 10.3. The van der Waals surface area contributed by atoms with Gasteiger partial charge in [-0.1, -0.05) is 0 Å². The lowest BCUT2D eigenvalue weighted by atomic mass is 10.0. The van der Waals surface area contributed by atoms with Crippen LogP contribution in [0.4, 0.5) is 4.79 Å². The molecule has 0 aliphatic carbocycles. The van der Waals surface area contributed by atoms with Crippen LogP contribution in [-0.2, 0) is 0 Å². The highest BCUT2D eigenvalue weighted by atomic mass is 16.4. The van der Waals surface area contributed by atoms with Crippen LogP contribution in [0.5, 0.6) is 0 Å². The summed E-state index contributed by atoms with van der Waals surface area (Å²) < 4.78 is 0. The Bertz CT molecular complexity index is 227. The van der Waals surface area contributed by atoms with Crippen molar-refractivity contribution in [2.24, 2.45) is 5.73 Å². The predicted molar refractivity (Wildman–Crippen MR) is 49.8 cm³/mol. The van der Waals surface area contributed by atoms with E-state index < -0.39 is 43.3 Å². The summed E-state index contributed by atoms with van der Waals surface area (Å²) in [6.07, 6.45) is -9.42. The number of hydrogen-bond acceptors (Lipinski definition) is 7. The van der Waals surface area contributed by atoms with Crippen LogP contribution in [0, 0.1) is 0 Å². The summed E-state index contributed by atoms with van der Waals surface area (Å²) in [5.74, 6) is 0. The maximum Gasteiger partial charge on any atom is 0.314 e. The molecule has 0 rings (SSSR count). The molecule has 9 N–H and O–H groups in total. The lowest BCUT2D eigenvalue weighted by molar-refractivity contribution is -0.142. The molecule has 2 amide bonds. The third-order valence-electron chi connectivity index (χ3n) is 1.89. The van der Waals surface area contributed by atoms with Gasteiger partial charge in [0.2, 0.25) is 0 Å². The number of amides is 2. The monoisotopic (exact) mass is 240 g/mol. The highest BCUT2D eigenvalue weighted by Gasteiger charge is 2.34. The average molecular weight is 240 g/mol. The Morgan fingerprint density at radius 3 is 1.94 bits per heavy atom. The van der Waals surface area contributed by atoms with E-state index in [0.717, 1.165) is 0 Å². The highest BCUT2D eigenvalue weighted by molar-refractivity contribution is 5.71. The van der Waals surface area contributed by atoms with Crippen molar-refractivity contribution in [3.8, 4) is 0 Å². The number of carbonyl (C=O) groups excluding carboxylic acids is 1. The number of rotatable bonds is 6. The molecule has 0 heterocycles. The van der Waals surface area contributed by atoms with Gasteiger partial charge in [0.1, 0.15) is 24.4 Å². The lowest BCUT2D eigenvalue weighted by Gasteiger charge is -2.28. The smallest absolute Gasteiger partial charge is 0.314 e. The van der Waals surface area contributed by atoms with Gasteiger partial charge in [0, 0.05) is 0 Å². The van der Waals surface area contributed by atoms with E-state index in [0.29, 0.717) is 0 Å². The zero-order chi connectivity index (χ0) is 12.9. The van der Waals surface area contributed by atoms with Gasteiger partial charge < -0.3 is 41.7 Å². The number of urea groups is 1. The maximum absolute atomic E-state index is 10.3. The molecule has 0 aromatic heterocycles. The van der Waals surface area contributed by atoms with E-state index in [4.69, 9.17) is 20.4 Å². The van der Waals surface area contributed by atoms with Crippen molar-refractivity contribution >= 4 is 6.03 Å². The highest BCUT2D eigenvalue weighted by Crippen LogP contribution is 2.07. The number of nitrogens with two attached hydrogens (primary N) is 1. The Balaban J connectivity index is 4.35.